The van der Waals surface area contributed by atoms with E-state index in [0.29, 0.717) is 24.1 Å². The molecular weight excluding hydrogens is 278 g/mol. The Kier molecular flexibility index (Phi) is 6.12. The molecule has 1 aliphatic heterocycles. The molecule has 1 fully saturated rings. The Bertz CT molecular complexity index is 483. The second-order valence-corrected chi connectivity index (χ2v) is 6.10. The Hall–Kier alpha value is -1.69. The number of hydrogen-bond donors (Lipinski definition) is 1. The summed E-state index contributed by atoms with van der Waals surface area (Å²) in [5, 5.41) is 2.92. The SMILES string of the molecule is CCN1CCN(c2nccc(C(=O)NCCC(C)C)n2)CC1. The standard InChI is InChI=1S/C16H27N5O/c1-4-20-9-11-21(12-10-20)16-18-8-6-14(19-16)15(22)17-7-5-13(2)3/h6,8,13H,4-5,7,9-12H2,1-3H3,(H,17,22). The van der Waals surface area contributed by atoms with Gasteiger partial charge in [0.05, 0.1) is 0 Å². The summed E-state index contributed by atoms with van der Waals surface area (Å²) in [7, 11) is 0. The molecule has 122 valence electrons. The first kappa shape index (κ1) is 16.7. The smallest absolute Gasteiger partial charge is 0.270 e. The molecule has 0 spiro atoms. The second-order valence-electron chi connectivity index (χ2n) is 6.10. The summed E-state index contributed by atoms with van der Waals surface area (Å²) in [5.41, 5.74) is 0.451. The molecule has 0 atom stereocenters. The summed E-state index contributed by atoms with van der Waals surface area (Å²) in [6, 6.07) is 1.68. The highest BCUT2D eigenvalue weighted by molar-refractivity contribution is 5.92. The molecule has 22 heavy (non-hydrogen) atoms. The van der Waals surface area contributed by atoms with Gasteiger partial charge in [0.15, 0.2) is 0 Å². The van der Waals surface area contributed by atoms with E-state index in [1.807, 2.05) is 0 Å². The van der Waals surface area contributed by atoms with Gasteiger partial charge in [0.25, 0.3) is 5.91 Å². The number of piperazine rings is 1. The second kappa shape index (κ2) is 8.08. The molecule has 6 heteroatoms. The monoisotopic (exact) mass is 305 g/mol. The van der Waals surface area contributed by atoms with Crippen LogP contribution in [-0.2, 0) is 0 Å². The molecule has 2 rings (SSSR count). The lowest BCUT2D eigenvalue weighted by Crippen LogP contribution is -2.46. The lowest BCUT2D eigenvalue weighted by molar-refractivity contribution is 0.0947. The molecule has 0 radical (unpaired) electrons. The molecule has 1 aromatic heterocycles. The lowest BCUT2D eigenvalue weighted by Gasteiger charge is -2.34. The van der Waals surface area contributed by atoms with Crippen LogP contribution in [-0.4, -0.2) is 60.0 Å². The van der Waals surface area contributed by atoms with E-state index >= 15 is 0 Å². The molecule has 0 aliphatic carbocycles. The molecule has 1 amide bonds. The number of carbonyl (C=O) groups excluding carboxylic acids is 1. The van der Waals surface area contributed by atoms with Crippen molar-refractivity contribution in [3.05, 3.63) is 18.0 Å². The Morgan fingerprint density at radius 3 is 2.68 bits per heavy atom. The molecule has 2 heterocycles. The summed E-state index contributed by atoms with van der Waals surface area (Å²) in [4.78, 5) is 25.4. The van der Waals surface area contributed by atoms with Crippen LogP contribution in [0, 0.1) is 5.92 Å². The first-order chi connectivity index (χ1) is 10.6. The minimum Gasteiger partial charge on any atom is -0.351 e. The predicted octanol–water partition coefficient (Wildman–Crippen LogP) is 1.39. The zero-order valence-corrected chi connectivity index (χ0v) is 13.9. The third kappa shape index (κ3) is 4.66. The molecule has 6 nitrogen and oxygen atoms in total. The van der Waals surface area contributed by atoms with Crippen LogP contribution in [0.4, 0.5) is 5.95 Å². The lowest BCUT2D eigenvalue weighted by atomic mass is 10.1. The van der Waals surface area contributed by atoms with Crippen molar-refractivity contribution in [3.8, 4) is 0 Å². The van der Waals surface area contributed by atoms with Crippen LogP contribution in [0.1, 0.15) is 37.7 Å². The molecule has 0 saturated carbocycles. The summed E-state index contributed by atoms with van der Waals surface area (Å²) in [5.74, 6) is 1.12. The van der Waals surface area contributed by atoms with E-state index in [4.69, 9.17) is 0 Å². The number of likely N-dealkylation sites (N-methyl/N-ethyl adjacent to an activating group) is 1. The van der Waals surface area contributed by atoms with Crippen molar-refractivity contribution in [1.82, 2.24) is 20.2 Å². The topological polar surface area (TPSA) is 61.4 Å². The Morgan fingerprint density at radius 2 is 2.05 bits per heavy atom. The van der Waals surface area contributed by atoms with Crippen LogP contribution in [0.15, 0.2) is 12.3 Å². The van der Waals surface area contributed by atoms with Crippen molar-refractivity contribution in [2.45, 2.75) is 27.2 Å². The van der Waals surface area contributed by atoms with E-state index in [0.717, 1.165) is 39.1 Å². The molecular formula is C16H27N5O. The molecule has 0 unspecified atom stereocenters. The number of carbonyl (C=O) groups is 1. The average Bonchev–Trinajstić information content (AvgIpc) is 2.54. The van der Waals surface area contributed by atoms with Gasteiger partial charge in [-0.1, -0.05) is 20.8 Å². The van der Waals surface area contributed by atoms with Crippen molar-refractivity contribution in [2.24, 2.45) is 5.92 Å². The number of nitrogens with one attached hydrogen (secondary N) is 1. The normalized spacial score (nSPS) is 16.1. The fourth-order valence-electron chi connectivity index (χ4n) is 2.46. The fraction of sp³-hybridized carbons (Fsp3) is 0.688. The van der Waals surface area contributed by atoms with Gasteiger partial charge in [-0.2, -0.15) is 0 Å². The third-order valence-corrected chi connectivity index (χ3v) is 3.99. The maximum atomic E-state index is 12.1. The summed E-state index contributed by atoms with van der Waals surface area (Å²) in [6.45, 7) is 12.1. The first-order valence-corrected chi connectivity index (χ1v) is 8.18. The summed E-state index contributed by atoms with van der Waals surface area (Å²) >= 11 is 0. The highest BCUT2D eigenvalue weighted by Crippen LogP contribution is 2.11. The van der Waals surface area contributed by atoms with Crippen LogP contribution < -0.4 is 10.2 Å². The number of anilines is 1. The van der Waals surface area contributed by atoms with Gasteiger partial charge >= 0.3 is 0 Å². The van der Waals surface area contributed by atoms with Crippen LogP contribution in [0.25, 0.3) is 0 Å². The highest BCUT2D eigenvalue weighted by Gasteiger charge is 2.19. The Balaban J connectivity index is 1.93. The number of nitrogens with zero attached hydrogens (tertiary/aromatic N) is 4. The van der Waals surface area contributed by atoms with Gasteiger partial charge in [-0.05, 0) is 24.9 Å². The van der Waals surface area contributed by atoms with Crippen LogP contribution >= 0.6 is 0 Å². The number of amides is 1. The van der Waals surface area contributed by atoms with Gasteiger partial charge in [-0.3, -0.25) is 4.79 Å². The summed E-state index contributed by atoms with van der Waals surface area (Å²) < 4.78 is 0. The van der Waals surface area contributed by atoms with E-state index in [2.05, 4.69) is 45.9 Å². The van der Waals surface area contributed by atoms with Gasteiger partial charge in [-0.15, -0.1) is 0 Å². The maximum absolute atomic E-state index is 12.1. The van der Waals surface area contributed by atoms with E-state index in [1.54, 1.807) is 12.3 Å². The molecule has 1 N–H and O–H groups in total. The quantitative estimate of drug-likeness (QED) is 0.861. The maximum Gasteiger partial charge on any atom is 0.270 e. The molecule has 0 bridgehead atoms. The highest BCUT2D eigenvalue weighted by atomic mass is 16.1. The third-order valence-electron chi connectivity index (χ3n) is 3.99. The van der Waals surface area contributed by atoms with Crippen LogP contribution in [0.3, 0.4) is 0 Å². The van der Waals surface area contributed by atoms with Gasteiger partial charge in [0, 0.05) is 38.9 Å². The number of hydrogen-bond acceptors (Lipinski definition) is 5. The number of rotatable bonds is 6. The van der Waals surface area contributed by atoms with Crippen molar-refractivity contribution in [1.29, 1.82) is 0 Å². The Labute approximate surface area is 132 Å². The van der Waals surface area contributed by atoms with Gasteiger partial charge < -0.3 is 15.1 Å². The molecule has 0 aromatic carbocycles. The molecule has 1 aliphatic rings. The van der Waals surface area contributed by atoms with Crippen molar-refractivity contribution < 1.29 is 4.79 Å². The minimum absolute atomic E-state index is 0.114. The largest absolute Gasteiger partial charge is 0.351 e. The van der Waals surface area contributed by atoms with Gasteiger partial charge in [0.1, 0.15) is 5.69 Å². The number of aromatic nitrogens is 2. The Morgan fingerprint density at radius 1 is 1.32 bits per heavy atom. The van der Waals surface area contributed by atoms with E-state index in [1.165, 1.54) is 0 Å². The zero-order chi connectivity index (χ0) is 15.9. The van der Waals surface area contributed by atoms with Crippen molar-refractivity contribution in [3.63, 3.8) is 0 Å². The van der Waals surface area contributed by atoms with Crippen molar-refractivity contribution in [2.75, 3.05) is 44.2 Å². The minimum atomic E-state index is -0.114. The van der Waals surface area contributed by atoms with E-state index < -0.39 is 0 Å². The van der Waals surface area contributed by atoms with Gasteiger partial charge in [0.2, 0.25) is 5.95 Å². The van der Waals surface area contributed by atoms with Crippen LogP contribution in [0.2, 0.25) is 0 Å². The first-order valence-electron chi connectivity index (χ1n) is 8.18. The molecule has 1 saturated heterocycles. The van der Waals surface area contributed by atoms with Crippen LogP contribution in [0.5, 0.6) is 0 Å². The summed E-state index contributed by atoms with van der Waals surface area (Å²) in [6.07, 6.45) is 2.65. The average molecular weight is 305 g/mol. The van der Waals surface area contributed by atoms with E-state index in [9.17, 15) is 4.79 Å². The van der Waals surface area contributed by atoms with Gasteiger partial charge in [-0.25, -0.2) is 9.97 Å². The van der Waals surface area contributed by atoms with E-state index in [-0.39, 0.29) is 5.91 Å². The fourth-order valence-corrected chi connectivity index (χ4v) is 2.46. The molecule has 1 aromatic rings. The zero-order valence-electron chi connectivity index (χ0n) is 13.9. The van der Waals surface area contributed by atoms with Crippen molar-refractivity contribution >= 4 is 11.9 Å². The predicted molar refractivity (Wildman–Crippen MR) is 88.1 cm³/mol.